The van der Waals surface area contributed by atoms with E-state index < -0.39 is 12.3 Å². The van der Waals surface area contributed by atoms with Crippen LogP contribution in [-0.4, -0.2) is 44.1 Å². The normalized spacial score (nSPS) is 10.7. The van der Waals surface area contributed by atoms with E-state index in [0.29, 0.717) is 38.9 Å². The van der Waals surface area contributed by atoms with Crippen molar-refractivity contribution in [1.29, 1.82) is 0 Å². The van der Waals surface area contributed by atoms with Crippen LogP contribution >= 0.6 is 23.2 Å². The Hall–Kier alpha value is -2.69. The molecule has 2 N–H and O–H groups in total. The van der Waals surface area contributed by atoms with Crippen molar-refractivity contribution in [3.05, 3.63) is 40.1 Å². The molecule has 27 heavy (non-hydrogen) atoms. The summed E-state index contributed by atoms with van der Waals surface area (Å²) in [6, 6.07) is 4.75. The van der Waals surface area contributed by atoms with Crippen LogP contribution in [0.15, 0.2) is 24.4 Å². The molecule has 0 amide bonds. The molecule has 0 spiro atoms. The summed E-state index contributed by atoms with van der Waals surface area (Å²) in [7, 11) is 0. The minimum Gasteiger partial charge on any atom is -0.454 e. The number of rotatable bonds is 8. The summed E-state index contributed by atoms with van der Waals surface area (Å²) in [5.74, 6) is 0.868. The molecular weight excluding hydrogens is 405 g/mol. The molecule has 1 aromatic heterocycles. The Morgan fingerprint density at radius 3 is 2.26 bits per heavy atom. The first-order valence-corrected chi connectivity index (χ1v) is 8.32. The van der Waals surface area contributed by atoms with Crippen LogP contribution in [0.2, 0.25) is 10.0 Å². The standard InChI is InChI=1S/C15H15Cl2N3O7/c1-2-12-13(25-11-6-9(16)5-10(17)7-11)8-19(18-12)3-4-20(26-14(21)22)27-15(23)24/h5-8H,2-4H2,1H3,(H,21,22)(H,23,24). The van der Waals surface area contributed by atoms with E-state index >= 15 is 0 Å². The third-order valence-corrected chi connectivity index (χ3v) is 3.51. The van der Waals surface area contributed by atoms with Gasteiger partial charge in [-0.2, -0.15) is 5.10 Å². The van der Waals surface area contributed by atoms with E-state index in [2.05, 4.69) is 14.8 Å². The van der Waals surface area contributed by atoms with Gasteiger partial charge < -0.3 is 14.9 Å². The van der Waals surface area contributed by atoms with Crippen LogP contribution in [0, 0.1) is 0 Å². The fraction of sp³-hybridized carbons (Fsp3) is 0.267. The van der Waals surface area contributed by atoms with E-state index in [9.17, 15) is 9.59 Å². The summed E-state index contributed by atoms with van der Waals surface area (Å²) >= 11 is 11.9. The van der Waals surface area contributed by atoms with Gasteiger partial charge in [-0.15, -0.1) is 0 Å². The maximum atomic E-state index is 10.6. The van der Waals surface area contributed by atoms with Crippen LogP contribution in [0.1, 0.15) is 12.6 Å². The SMILES string of the molecule is CCc1nn(CCN(OC(=O)O)OC(=O)O)cc1Oc1cc(Cl)cc(Cl)c1. The van der Waals surface area contributed by atoms with E-state index in [0.717, 1.165) is 0 Å². The first-order valence-electron chi connectivity index (χ1n) is 7.56. The van der Waals surface area contributed by atoms with E-state index in [1.807, 2.05) is 6.92 Å². The summed E-state index contributed by atoms with van der Waals surface area (Å²) < 4.78 is 7.20. The molecule has 0 saturated heterocycles. The van der Waals surface area contributed by atoms with Gasteiger partial charge >= 0.3 is 12.3 Å². The number of halogens is 2. The Labute approximate surface area is 163 Å². The lowest BCUT2D eigenvalue weighted by Gasteiger charge is -2.15. The molecule has 0 aliphatic heterocycles. The lowest BCUT2D eigenvalue weighted by atomic mass is 10.3. The number of hydrogen-bond donors (Lipinski definition) is 2. The van der Waals surface area contributed by atoms with Crippen molar-refractivity contribution in [2.75, 3.05) is 6.54 Å². The molecule has 2 rings (SSSR count). The number of aryl methyl sites for hydroxylation is 1. The van der Waals surface area contributed by atoms with Crippen molar-refractivity contribution in [3.63, 3.8) is 0 Å². The van der Waals surface area contributed by atoms with Crippen LogP contribution in [0.4, 0.5) is 9.59 Å². The number of hydroxylamine groups is 2. The highest BCUT2D eigenvalue weighted by atomic mass is 35.5. The van der Waals surface area contributed by atoms with Crippen LogP contribution in [0.5, 0.6) is 11.5 Å². The fourth-order valence-corrected chi connectivity index (χ4v) is 2.58. The lowest BCUT2D eigenvalue weighted by molar-refractivity contribution is -0.311. The van der Waals surface area contributed by atoms with E-state index in [1.165, 1.54) is 4.68 Å². The Balaban J connectivity index is 2.10. The third kappa shape index (κ3) is 6.51. The molecule has 1 heterocycles. The molecule has 2 aromatic rings. The first kappa shape index (κ1) is 20.6. The number of hydrogen-bond acceptors (Lipinski definition) is 7. The Bertz CT molecular complexity index is 791. The molecule has 0 radical (unpaired) electrons. The van der Waals surface area contributed by atoms with Gasteiger partial charge in [0, 0.05) is 15.3 Å². The van der Waals surface area contributed by atoms with Crippen molar-refractivity contribution < 1.29 is 34.2 Å². The monoisotopic (exact) mass is 419 g/mol. The van der Waals surface area contributed by atoms with Crippen molar-refractivity contribution >= 4 is 35.5 Å². The van der Waals surface area contributed by atoms with Gasteiger partial charge in [-0.1, -0.05) is 30.1 Å². The van der Waals surface area contributed by atoms with E-state index in [-0.39, 0.29) is 13.1 Å². The van der Waals surface area contributed by atoms with Gasteiger partial charge in [-0.05, 0) is 24.6 Å². The molecule has 146 valence electrons. The summed E-state index contributed by atoms with van der Waals surface area (Å²) in [5, 5.41) is 22.6. The molecule has 1 aromatic carbocycles. The average molecular weight is 420 g/mol. The van der Waals surface area contributed by atoms with Gasteiger partial charge in [-0.3, -0.25) is 14.4 Å². The Morgan fingerprint density at radius 1 is 1.15 bits per heavy atom. The Kier molecular flexibility index (Phi) is 7.11. The topological polar surface area (TPSA) is 123 Å². The second kappa shape index (κ2) is 9.31. The minimum atomic E-state index is -1.71. The maximum absolute atomic E-state index is 10.6. The van der Waals surface area contributed by atoms with Crippen LogP contribution in [0.3, 0.4) is 0 Å². The van der Waals surface area contributed by atoms with Gasteiger partial charge in [0.2, 0.25) is 0 Å². The first-order chi connectivity index (χ1) is 12.8. The summed E-state index contributed by atoms with van der Waals surface area (Å²) in [6.45, 7) is 1.71. The fourth-order valence-electron chi connectivity index (χ4n) is 2.07. The highest BCUT2D eigenvalue weighted by molar-refractivity contribution is 6.34. The summed E-state index contributed by atoms with van der Waals surface area (Å²) in [6.07, 6.45) is -1.31. The zero-order chi connectivity index (χ0) is 20.0. The predicted octanol–water partition coefficient (Wildman–Crippen LogP) is 4.07. The predicted molar refractivity (Wildman–Crippen MR) is 93.1 cm³/mol. The molecule has 0 atom stereocenters. The number of nitrogens with zero attached hydrogens (tertiary/aromatic N) is 3. The third-order valence-electron chi connectivity index (χ3n) is 3.07. The number of carbonyl (C=O) groups is 2. The minimum absolute atomic E-state index is 0.0627. The number of ether oxygens (including phenoxy) is 1. The number of aromatic nitrogens is 2. The second-order valence-corrected chi connectivity index (χ2v) is 5.91. The average Bonchev–Trinajstić information content (AvgIpc) is 2.92. The Morgan fingerprint density at radius 2 is 1.74 bits per heavy atom. The van der Waals surface area contributed by atoms with E-state index in [4.69, 9.17) is 38.2 Å². The molecule has 12 heteroatoms. The van der Waals surface area contributed by atoms with Crippen molar-refractivity contribution in [1.82, 2.24) is 15.0 Å². The zero-order valence-corrected chi connectivity index (χ0v) is 15.5. The zero-order valence-electron chi connectivity index (χ0n) is 14.0. The van der Waals surface area contributed by atoms with Gasteiger partial charge in [0.05, 0.1) is 19.3 Å². The molecular formula is C15H15Cl2N3O7. The summed E-state index contributed by atoms with van der Waals surface area (Å²) in [5.41, 5.74) is 0.621. The molecule has 0 fully saturated rings. The molecule has 10 nitrogen and oxygen atoms in total. The molecule has 0 bridgehead atoms. The highest BCUT2D eigenvalue weighted by Crippen LogP contribution is 2.30. The summed E-state index contributed by atoms with van der Waals surface area (Å²) in [4.78, 5) is 29.6. The van der Waals surface area contributed by atoms with Crippen LogP contribution in [-0.2, 0) is 22.6 Å². The number of benzene rings is 1. The molecule has 0 saturated carbocycles. The molecule has 0 aliphatic carbocycles. The smallest absolute Gasteiger partial charge is 0.454 e. The quantitative estimate of drug-likeness (QED) is 0.609. The van der Waals surface area contributed by atoms with Gasteiger partial charge in [0.25, 0.3) is 0 Å². The maximum Gasteiger partial charge on any atom is 0.528 e. The van der Waals surface area contributed by atoms with Gasteiger partial charge in [0.15, 0.2) is 5.75 Å². The van der Waals surface area contributed by atoms with Gasteiger partial charge in [0.1, 0.15) is 11.4 Å². The molecule has 0 unspecified atom stereocenters. The largest absolute Gasteiger partial charge is 0.528 e. The van der Waals surface area contributed by atoms with Crippen molar-refractivity contribution in [2.45, 2.75) is 19.9 Å². The molecule has 0 aliphatic rings. The highest BCUT2D eigenvalue weighted by Gasteiger charge is 2.17. The number of carboxylic acid groups (broad SMARTS) is 2. The van der Waals surface area contributed by atoms with Crippen molar-refractivity contribution in [2.24, 2.45) is 0 Å². The van der Waals surface area contributed by atoms with Gasteiger partial charge in [-0.25, -0.2) is 9.59 Å². The van der Waals surface area contributed by atoms with Crippen LogP contribution in [0.25, 0.3) is 0 Å². The van der Waals surface area contributed by atoms with E-state index in [1.54, 1.807) is 24.4 Å². The second-order valence-electron chi connectivity index (χ2n) is 5.03. The van der Waals surface area contributed by atoms with Crippen molar-refractivity contribution in [3.8, 4) is 11.5 Å². The lowest BCUT2D eigenvalue weighted by Crippen LogP contribution is -2.32. The van der Waals surface area contributed by atoms with Crippen LogP contribution < -0.4 is 4.74 Å².